The van der Waals surface area contributed by atoms with Crippen LogP contribution in [0.5, 0.6) is 0 Å². The van der Waals surface area contributed by atoms with Crippen molar-refractivity contribution in [1.29, 1.82) is 0 Å². The quantitative estimate of drug-likeness (QED) is 0.576. The Morgan fingerprint density at radius 1 is 1.45 bits per heavy atom. The zero-order valence-electron chi connectivity index (χ0n) is 12.4. The minimum absolute atomic E-state index is 0.0885. The van der Waals surface area contributed by atoms with E-state index in [0.717, 1.165) is 17.8 Å². The first-order valence-corrected chi connectivity index (χ1v) is 7.66. The van der Waals surface area contributed by atoms with E-state index in [4.69, 9.17) is 28.9 Å². The van der Waals surface area contributed by atoms with Crippen LogP contribution in [0.1, 0.15) is 37.1 Å². The molecule has 0 saturated heterocycles. The maximum Gasteiger partial charge on any atom is 0.189 e. The van der Waals surface area contributed by atoms with Crippen LogP contribution in [-0.2, 0) is 13.0 Å². The molecule has 1 aromatic carbocycles. The smallest absolute Gasteiger partial charge is 0.189 e. The predicted octanol–water partition coefficient (Wildman–Crippen LogP) is 2.84. The Labute approximate surface area is 139 Å². The molecule has 1 unspecified atom stereocenters. The lowest BCUT2D eigenvalue weighted by Crippen LogP contribution is -2.34. The van der Waals surface area contributed by atoms with Gasteiger partial charge in [0.15, 0.2) is 11.8 Å². The standard InChI is InChI=1S/C14H18Cl2N6/c1-3-12-20-13(22-21-12)7-18-14(17)19-8(2)10-5-4-9(15)6-11(10)16/h4-6,8H,3,7H2,1-2H3,(H3,17,18,19)(H,20,21,22). The molecule has 0 aliphatic heterocycles. The normalized spacial score (nSPS) is 13.2. The molecule has 118 valence electrons. The van der Waals surface area contributed by atoms with Crippen LogP contribution >= 0.6 is 23.2 Å². The van der Waals surface area contributed by atoms with E-state index in [-0.39, 0.29) is 6.04 Å². The summed E-state index contributed by atoms with van der Waals surface area (Å²) >= 11 is 12.1. The molecular weight excluding hydrogens is 323 g/mol. The second-order valence-corrected chi connectivity index (χ2v) is 5.63. The minimum Gasteiger partial charge on any atom is -0.370 e. The van der Waals surface area contributed by atoms with Crippen molar-refractivity contribution in [3.8, 4) is 0 Å². The Hall–Kier alpha value is -1.79. The summed E-state index contributed by atoms with van der Waals surface area (Å²) in [6.45, 7) is 4.28. The Balaban J connectivity index is 1.97. The fourth-order valence-corrected chi connectivity index (χ4v) is 2.49. The number of hydrogen-bond donors (Lipinski definition) is 3. The van der Waals surface area contributed by atoms with Crippen LogP contribution in [0.4, 0.5) is 0 Å². The van der Waals surface area contributed by atoms with E-state index < -0.39 is 0 Å². The third-order valence-electron chi connectivity index (χ3n) is 3.09. The van der Waals surface area contributed by atoms with Crippen LogP contribution in [0.3, 0.4) is 0 Å². The molecule has 0 saturated carbocycles. The van der Waals surface area contributed by atoms with Gasteiger partial charge in [-0.3, -0.25) is 5.10 Å². The fraction of sp³-hybridized carbons (Fsp3) is 0.357. The number of aromatic nitrogens is 3. The van der Waals surface area contributed by atoms with Crippen molar-refractivity contribution in [3.63, 3.8) is 0 Å². The topological polar surface area (TPSA) is 92.0 Å². The van der Waals surface area contributed by atoms with E-state index in [1.807, 2.05) is 19.9 Å². The Bertz CT molecular complexity index is 667. The first-order chi connectivity index (χ1) is 10.5. The molecule has 0 amide bonds. The molecule has 0 bridgehead atoms. The number of nitrogens with zero attached hydrogens (tertiary/aromatic N) is 3. The summed E-state index contributed by atoms with van der Waals surface area (Å²) in [4.78, 5) is 8.50. The first kappa shape index (κ1) is 16.6. The van der Waals surface area contributed by atoms with Crippen molar-refractivity contribution >= 4 is 29.2 Å². The molecule has 1 heterocycles. The largest absolute Gasteiger partial charge is 0.370 e. The van der Waals surface area contributed by atoms with Gasteiger partial charge < -0.3 is 11.1 Å². The number of benzene rings is 1. The lowest BCUT2D eigenvalue weighted by Gasteiger charge is -2.16. The van der Waals surface area contributed by atoms with Gasteiger partial charge in [0.25, 0.3) is 0 Å². The first-order valence-electron chi connectivity index (χ1n) is 6.91. The Morgan fingerprint density at radius 2 is 2.23 bits per heavy atom. The van der Waals surface area contributed by atoms with Gasteiger partial charge in [-0.05, 0) is 24.6 Å². The average Bonchev–Trinajstić information content (AvgIpc) is 2.93. The summed E-state index contributed by atoms with van der Waals surface area (Å²) in [5, 5.41) is 11.1. The van der Waals surface area contributed by atoms with Crippen LogP contribution in [0.25, 0.3) is 0 Å². The lowest BCUT2D eigenvalue weighted by molar-refractivity contribution is 0.706. The summed E-state index contributed by atoms with van der Waals surface area (Å²) in [5.74, 6) is 1.75. The van der Waals surface area contributed by atoms with Crippen molar-refractivity contribution < 1.29 is 0 Å². The van der Waals surface area contributed by atoms with Crippen molar-refractivity contribution in [2.24, 2.45) is 10.7 Å². The molecule has 6 nitrogen and oxygen atoms in total. The van der Waals surface area contributed by atoms with Gasteiger partial charge in [0.1, 0.15) is 12.4 Å². The zero-order valence-corrected chi connectivity index (χ0v) is 13.9. The molecule has 0 radical (unpaired) electrons. The molecule has 2 rings (SSSR count). The molecule has 0 aliphatic rings. The molecule has 1 atom stereocenters. The summed E-state index contributed by atoms with van der Waals surface area (Å²) in [6.07, 6.45) is 0.778. The van der Waals surface area contributed by atoms with E-state index in [2.05, 4.69) is 25.5 Å². The summed E-state index contributed by atoms with van der Waals surface area (Å²) in [7, 11) is 0. The average molecular weight is 341 g/mol. The molecular formula is C14H18Cl2N6. The van der Waals surface area contributed by atoms with Crippen LogP contribution in [-0.4, -0.2) is 21.1 Å². The number of aryl methyl sites for hydroxylation is 1. The molecule has 4 N–H and O–H groups in total. The number of halogens is 2. The minimum atomic E-state index is -0.0885. The van der Waals surface area contributed by atoms with Gasteiger partial charge in [-0.2, -0.15) is 5.10 Å². The monoisotopic (exact) mass is 340 g/mol. The van der Waals surface area contributed by atoms with Crippen LogP contribution in [0.2, 0.25) is 10.0 Å². The van der Waals surface area contributed by atoms with Gasteiger partial charge in [0, 0.05) is 16.5 Å². The Morgan fingerprint density at radius 3 is 2.86 bits per heavy atom. The van der Waals surface area contributed by atoms with Crippen molar-refractivity contribution in [3.05, 3.63) is 45.5 Å². The molecule has 0 fully saturated rings. The maximum absolute atomic E-state index is 6.17. The van der Waals surface area contributed by atoms with Crippen molar-refractivity contribution in [2.75, 3.05) is 0 Å². The van der Waals surface area contributed by atoms with Gasteiger partial charge in [0.05, 0.1) is 6.04 Å². The maximum atomic E-state index is 6.17. The lowest BCUT2D eigenvalue weighted by atomic mass is 10.1. The predicted molar refractivity (Wildman–Crippen MR) is 89.1 cm³/mol. The number of nitrogens with two attached hydrogens (primary N) is 1. The highest BCUT2D eigenvalue weighted by Crippen LogP contribution is 2.25. The van der Waals surface area contributed by atoms with Gasteiger partial charge >= 0.3 is 0 Å². The van der Waals surface area contributed by atoms with Crippen molar-refractivity contribution in [2.45, 2.75) is 32.9 Å². The number of hydrogen-bond acceptors (Lipinski definition) is 3. The summed E-state index contributed by atoms with van der Waals surface area (Å²) in [5.41, 5.74) is 6.79. The van der Waals surface area contributed by atoms with Gasteiger partial charge in [-0.25, -0.2) is 9.98 Å². The molecule has 2 aromatic rings. The SMILES string of the molecule is CCc1n[nH]c(CN=C(N)NC(C)c2ccc(Cl)cc2Cl)n1. The van der Waals surface area contributed by atoms with E-state index in [9.17, 15) is 0 Å². The Kier molecular flexibility index (Phi) is 5.63. The molecule has 1 aromatic heterocycles. The van der Waals surface area contributed by atoms with Crippen LogP contribution < -0.4 is 11.1 Å². The van der Waals surface area contributed by atoms with E-state index in [0.29, 0.717) is 28.4 Å². The van der Waals surface area contributed by atoms with E-state index >= 15 is 0 Å². The van der Waals surface area contributed by atoms with E-state index in [1.54, 1.807) is 12.1 Å². The molecule has 0 aliphatic carbocycles. The van der Waals surface area contributed by atoms with Crippen molar-refractivity contribution in [1.82, 2.24) is 20.5 Å². The highest BCUT2D eigenvalue weighted by Gasteiger charge is 2.10. The van der Waals surface area contributed by atoms with Gasteiger partial charge in [-0.15, -0.1) is 0 Å². The zero-order chi connectivity index (χ0) is 16.1. The third-order valence-corrected chi connectivity index (χ3v) is 3.65. The molecule has 0 spiro atoms. The number of aromatic amines is 1. The number of aliphatic imine (C=N–C) groups is 1. The second kappa shape index (κ2) is 7.47. The number of nitrogens with one attached hydrogen (secondary N) is 2. The fourth-order valence-electron chi connectivity index (χ4n) is 1.92. The highest BCUT2D eigenvalue weighted by molar-refractivity contribution is 6.35. The number of guanidine groups is 1. The highest BCUT2D eigenvalue weighted by atomic mass is 35.5. The second-order valence-electron chi connectivity index (χ2n) is 4.79. The summed E-state index contributed by atoms with van der Waals surface area (Å²) in [6, 6.07) is 5.26. The third kappa shape index (κ3) is 4.35. The van der Waals surface area contributed by atoms with Gasteiger partial charge in [0.2, 0.25) is 0 Å². The molecule has 8 heteroatoms. The van der Waals surface area contributed by atoms with Gasteiger partial charge in [-0.1, -0.05) is 36.2 Å². The van der Waals surface area contributed by atoms with E-state index in [1.165, 1.54) is 0 Å². The molecule has 22 heavy (non-hydrogen) atoms. The number of H-pyrrole nitrogens is 1. The number of rotatable bonds is 5. The summed E-state index contributed by atoms with van der Waals surface area (Å²) < 4.78 is 0. The van der Waals surface area contributed by atoms with Crippen LogP contribution in [0, 0.1) is 0 Å². The van der Waals surface area contributed by atoms with Crippen LogP contribution in [0.15, 0.2) is 23.2 Å².